The third-order valence-electron chi connectivity index (χ3n) is 3.50. The molecule has 0 aliphatic carbocycles. The molecule has 1 heterocycles. The Morgan fingerprint density at radius 3 is 2.10 bits per heavy atom. The van der Waals surface area contributed by atoms with Crippen molar-refractivity contribution in [3.63, 3.8) is 0 Å². The van der Waals surface area contributed by atoms with Crippen LogP contribution in [0, 0.1) is 20.8 Å². The summed E-state index contributed by atoms with van der Waals surface area (Å²) >= 11 is 0. The van der Waals surface area contributed by atoms with Crippen molar-refractivity contribution < 1.29 is 9.59 Å². The predicted octanol–water partition coefficient (Wildman–Crippen LogP) is 3.47. The van der Waals surface area contributed by atoms with Gasteiger partial charge in [-0.2, -0.15) is 0 Å². The topological polar surface area (TPSA) is 37.4 Å². The van der Waals surface area contributed by atoms with Crippen LogP contribution in [0.3, 0.4) is 0 Å². The van der Waals surface area contributed by atoms with Gasteiger partial charge in [0, 0.05) is 5.69 Å². The number of benzene rings is 2. The first-order chi connectivity index (χ1) is 9.47. The molecule has 1 aliphatic heterocycles. The number of anilines is 2. The Morgan fingerprint density at radius 1 is 0.800 bits per heavy atom. The van der Waals surface area contributed by atoms with Gasteiger partial charge in [-0.15, -0.1) is 0 Å². The van der Waals surface area contributed by atoms with Crippen molar-refractivity contribution in [2.75, 3.05) is 4.90 Å². The molecule has 2 aromatic carbocycles. The molecular weight excluding hydrogens is 250 g/mol. The van der Waals surface area contributed by atoms with Gasteiger partial charge in [0.05, 0.1) is 11.3 Å². The molecule has 0 radical (unpaired) electrons. The van der Waals surface area contributed by atoms with Crippen LogP contribution >= 0.6 is 0 Å². The van der Waals surface area contributed by atoms with Crippen molar-refractivity contribution in [2.45, 2.75) is 20.8 Å². The number of fused-ring (bicyclic) bond motifs is 1. The average Bonchev–Trinajstić information content (AvgIpc) is 2.61. The van der Waals surface area contributed by atoms with E-state index in [-0.39, 0.29) is 0 Å². The summed E-state index contributed by atoms with van der Waals surface area (Å²) in [6, 6.07) is 11.4. The molecule has 0 spiro atoms. The average molecular weight is 265 g/mol. The molecule has 0 N–H and O–H groups in total. The molecule has 0 aromatic heterocycles. The minimum absolute atomic E-state index is 0.428. The van der Waals surface area contributed by atoms with Gasteiger partial charge in [0.1, 0.15) is 0 Å². The summed E-state index contributed by atoms with van der Waals surface area (Å²) in [6.45, 7) is 5.88. The quantitative estimate of drug-likeness (QED) is 0.740. The fraction of sp³-hybridized carbons (Fsp3) is 0.176. The second-order valence-electron chi connectivity index (χ2n) is 5.34. The Kier molecular flexibility index (Phi) is 2.71. The van der Waals surface area contributed by atoms with Crippen LogP contribution in [-0.4, -0.2) is 11.7 Å². The van der Waals surface area contributed by atoms with Crippen LogP contribution in [0.1, 0.15) is 27.0 Å². The Balaban J connectivity index is 2.20. The van der Waals surface area contributed by atoms with Gasteiger partial charge in [0.15, 0.2) is 0 Å². The third kappa shape index (κ3) is 1.83. The van der Waals surface area contributed by atoms with Crippen LogP contribution in [0.2, 0.25) is 0 Å². The molecule has 3 rings (SSSR count). The van der Waals surface area contributed by atoms with E-state index < -0.39 is 11.7 Å². The Bertz CT molecular complexity index is 726. The Hall–Kier alpha value is -2.42. The number of hydrogen-bond donors (Lipinski definition) is 0. The van der Waals surface area contributed by atoms with Gasteiger partial charge in [0.2, 0.25) is 0 Å². The molecule has 20 heavy (non-hydrogen) atoms. The summed E-state index contributed by atoms with van der Waals surface area (Å²) in [7, 11) is 0. The van der Waals surface area contributed by atoms with E-state index in [1.807, 2.05) is 51.1 Å². The first-order valence-corrected chi connectivity index (χ1v) is 6.55. The lowest BCUT2D eigenvalue weighted by Crippen LogP contribution is -2.24. The molecule has 0 unspecified atom stereocenters. The first kappa shape index (κ1) is 12.6. The number of Topliss-reactive ketones (excluding diaryl/α,β-unsaturated/α-hetero) is 1. The maximum absolute atomic E-state index is 12.3. The molecule has 100 valence electrons. The number of rotatable bonds is 1. The second kappa shape index (κ2) is 4.30. The number of ketones is 1. The number of hydrogen-bond acceptors (Lipinski definition) is 2. The highest BCUT2D eigenvalue weighted by Gasteiger charge is 2.36. The molecule has 0 saturated heterocycles. The van der Waals surface area contributed by atoms with Gasteiger partial charge < -0.3 is 0 Å². The predicted molar refractivity (Wildman–Crippen MR) is 78.6 cm³/mol. The van der Waals surface area contributed by atoms with Crippen LogP contribution < -0.4 is 4.90 Å². The van der Waals surface area contributed by atoms with E-state index in [2.05, 4.69) is 0 Å². The number of carbonyl (C=O) groups excluding carboxylic acids is 2. The summed E-state index contributed by atoms with van der Waals surface area (Å²) in [4.78, 5) is 25.9. The second-order valence-corrected chi connectivity index (χ2v) is 5.34. The van der Waals surface area contributed by atoms with Gasteiger partial charge in [-0.05, 0) is 56.2 Å². The summed E-state index contributed by atoms with van der Waals surface area (Å²) < 4.78 is 0. The first-order valence-electron chi connectivity index (χ1n) is 6.55. The third-order valence-corrected chi connectivity index (χ3v) is 3.50. The Labute approximate surface area is 117 Å². The van der Waals surface area contributed by atoms with Gasteiger partial charge in [-0.25, -0.2) is 0 Å². The van der Waals surface area contributed by atoms with Crippen molar-refractivity contribution in [1.29, 1.82) is 0 Å². The molecule has 0 saturated carbocycles. The normalized spacial score (nSPS) is 13.8. The van der Waals surface area contributed by atoms with E-state index in [4.69, 9.17) is 0 Å². The zero-order valence-corrected chi connectivity index (χ0v) is 11.7. The fourth-order valence-electron chi connectivity index (χ4n) is 2.69. The van der Waals surface area contributed by atoms with E-state index in [9.17, 15) is 9.59 Å². The fourth-order valence-corrected chi connectivity index (χ4v) is 2.69. The largest absolute Gasteiger partial charge is 0.304 e. The van der Waals surface area contributed by atoms with Crippen LogP contribution in [0.15, 0.2) is 36.4 Å². The number of carbonyl (C=O) groups is 2. The van der Waals surface area contributed by atoms with E-state index >= 15 is 0 Å². The molecule has 0 atom stereocenters. The van der Waals surface area contributed by atoms with E-state index in [0.29, 0.717) is 11.3 Å². The molecular formula is C17H15NO2. The number of nitrogens with zero attached hydrogens (tertiary/aromatic N) is 1. The molecule has 3 heteroatoms. The van der Waals surface area contributed by atoms with Gasteiger partial charge in [-0.3, -0.25) is 14.5 Å². The summed E-state index contributed by atoms with van der Waals surface area (Å²) in [6.07, 6.45) is 0. The molecule has 1 amide bonds. The van der Waals surface area contributed by atoms with Crippen molar-refractivity contribution in [3.8, 4) is 0 Å². The highest BCUT2D eigenvalue weighted by Crippen LogP contribution is 2.36. The lowest BCUT2D eigenvalue weighted by Gasteiger charge is -2.18. The van der Waals surface area contributed by atoms with Crippen LogP contribution in [0.4, 0.5) is 11.4 Å². The van der Waals surface area contributed by atoms with Crippen molar-refractivity contribution in [2.24, 2.45) is 0 Å². The van der Waals surface area contributed by atoms with Crippen molar-refractivity contribution in [3.05, 3.63) is 58.7 Å². The number of aryl methyl sites for hydroxylation is 3. The molecule has 0 fully saturated rings. The maximum Gasteiger partial charge on any atom is 0.304 e. The van der Waals surface area contributed by atoms with E-state index in [0.717, 1.165) is 22.4 Å². The number of amides is 1. The molecule has 3 nitrogen and oxygen atoms in total. The summed E-state index contributed by atoms with van der Waals surface area (Å²) in [5.74, 6) is -0.904. The monoisotopic (exact) mass is 265 g/mol. The van der Waals surface area contributed by atoms with E-state index in [1.165, 1.54) is 4.90 Å². The van der Waals surface area contributed by atoms with Gasteiger partial charge in [-0.1, -0.05) is 17.7 Å². The summed E-state index contributed by atoms with van der Waals surface area (Å²) in [5, 5.41) is 0. The van der Waals surface area contributed by atoms with Crippen molar-refractivity contribution >= 4 is 23.1 Å². The molecule has 2 aromatic rings. The summed E-state index contributed by atoms with van der Waals surface area (Å²) in [5.41, 5.74) is 5.04. The van der Waals surface area contributed by atoms with Crippen LogP contribution in [0.5, 0.6) is 0 Å². The lowest BCUT2D eigenvalue weighted by atomic mass is 10.1. The zero-order valence-electron chi connectivity index (χ0n) is 11.7. The van der Waals surface area contributed by atoms with Crippen LogP contribution in [0.25, 0.3) is 0 Å². The molecule has 1 aliphatic rings. The van der Waals surface area contributed by atoms with Crippen LogP contribution in [-0.2, 0) is 4.79 Å². The highest BCUT2D eigenvalue weighted by atomic mass is 16.2. The van der Waals surface area contributed by atoms with Gasteiger partial charge >= 0.3 is 5.91 Å². The van der Waals surface area contributed by atoms with Gasteiger partial charge in [0.25, 0.3) is 5.78 Å². The minimum atomic E-state index is -0.476. The lowest BCUT2D eigenvalue weighted by molar-refractivity contribution is -0.113. The maximum atomic E-state index is 12.3. The zero-order chi connectivity index (χ0) is 14.4. The minimum Gasteiger partial charge on any atom is -0.283 e. The molecule has 0 bridgehead atoms. The van der Waals surface area contributed by atoms with Crippen molar-refractivity contribution in [1.82, 2.24) is 0 Å². The SMILES string of the molecule is Cc1cc(C)cc(N2C(=O)C(=O)c3cc(C)ccc32)c1. The van der Waals surface area contributed by atoms with E-state index in [1.54, 1.807) is 6.07 Å². The highest BCUT2D eigenvalue weighted by molar-refractivity contribution is 6.53. The smallest absolute Gasteiger partial charge is 0.283 e. The standard InChI is InChI=1S/C17H15NO2/c1-10-4-5-15-14(9-10)16(19)17(20)18(15)13-7-11(2)6-12(3)8-13/h4-9H,1-3H3. The Morgan fingerprint density at radius 2 is 1.45 bits per heavy atom.